The minimum Gasteiger partial charge on any atom is -0.503 e. The summed E-state index contributed by atoms with van der Waals surface area (Å²) in [5, 5.41) is 19.5. The van der Waals surface area contributed by atoms with Crippen LogP contribution in [0.4, 0.5) is 0 Å². The van der Waals surface area contributed by atoms with E-state index >= 15 is 0 Å². The fraction of sp³-hybridized carbons (Fsp3) is 0.500. The Balaban J connectivity index is 2.12. The van der Waals surface area contributed by atoms with Gasteiger partial charge in [0.1, 0.15) is 16.7 Å². The number of carboxylic acids is 1. The lowest BCUT2D eigenvalue weighted by molar-refractivity contribution is -0.137. The van der Waals surface area contributed by atoms with Crippen LogP contribution < -0.4 is 15.1 Å². The smallest absolute Gasteiger partial charge is 0.383 e. The number of aliphatic carboxylic acids is 1. The largest absolute Gasteiger partial charge is 0.503 e. The van der Waals surface area contributed by atoms with Crippen LogP contribution >= 0.6 is 0 Å². The van der Waals surface area contributed by atoms with Crippen LogP contribution in [-0.4, -0.2) is 29.4 Å². The Labute approximate surface area is 157 Å². The number of carbonyl (C=O) groups is 1. The summed E-state index contributed by atoms with van der Waals surface area (Å²) in [7, 11) is 0. The molecule has 0 radical (unpaired) electrons. The zero-order valence-electron chi connectivity index (χ0n) is 15.5. The molecule has 7 nitrogen and oxygen atoms in total. The Kier molecular flexibility index (Phi) is 7.98. The molecular weight excluding hydrogens is 352 g/mol. The van der Waals surface area contributed by atoms with Gasteiger partial charge >= 0.3 is 11.6 Å². The van der Waals surface area contributed by atoms with Gasteiger partial charge in [-0.3, -0.25) is 4.79 Å². The maximum absolute atomic E-state index is 12.1. The summed E-state index contributed by atoms with van der Waals surface area (Å²) in [6.45, 7) is 2.72. The number of hydrogen-bond acceptors (Lipinski definition) is 6. The van der Waals surface area contributed by atoms with E-state index in [1.54, 1.807) is 18.2 Å². The quantitative estimate of drug-likeness (QED) is 0.423. The number of carboxylic acid groups (broad SMARTS) is 1. The number of hydrogen-bond donors (Lipinski definition) is 2. The van der Waals surface area contributed by atoms with E-state index in [-0.39, 0.29) is 35.5 Å². The van der Waals surface area contributed by atoms with Crippen LogP contribution in [0, 0.1) is 0 Å². The fourth-order valence-corrected chi connectivity index (χ4v) is 2.70. The second-order valence-electron chi connectivity index (χ2n) is 6.30. The summed E-state index contributed by atoms with van der Waals surface area (Å²) in [4.78, 5) is 22.6. The molecule has 1 aromatic heterocycles. The molecule has 0 saturated carbocycles. The lowest BCUT2D eigenvalue weighted by Crippen LogP contribution is -2.09. The van der Waals surface area contributed by atoms with E-state index in [1.807, 2.05) is 0 Å². The van der Waals surface area contributed by atoms with E-state index in [0.29, 0.717) is 25.2 Å². The zero-order valence-corrected chi connectivity index (χ0v) is 15.5. The van der Waals surface area contributed by atoms with Gasteiger partial charge in [0.05, 0.1) is 13.2 Å². The minimum atomic E-state index is -0.847. The predicted octanol–water partition coefficient (Wildman–Crippen LogP) is 4.09. The van der Waals surface area contributed by atoms with Gasteiger partial charge in [0, 0.05) is 6.42 Å². The van der Waals surface area contributed by atoms with Gasteiger partial charge in [0.15, 0.2) is 5.75 Å². The minimum absolute atomic E-state index is 0.0784. The molecule has 27 heavy (non-hydrogen) atoms. The van der Waals surface area contributed by atoms with Crippen LogP contribution in [0.1, 0.15) is 51.9 Å². The normalized spacial score (nSPS) is 10.9. The average Bonchev–Trinajstić information content (AvgIpc) is 2.63. The van der Waals surface area contributed by atoms with Crippen LogP contribution in [0.25, 0.3) is 11.0 Å². The standard InChI is InChI=1S/C20H26O7/c1-2-3-4-6-13-26-19-18(23)17-14(25-12-7-5-11-16(21)22)9-8-10-15(17)27-20(19)24/h8-10,23H,2-7,11-13H2,1H3,(H,21,22). The fourth-order valence-electron chi connectivity index (χ4n) is 2.70. The molecule has 7 heteroatoms. The Morgan fingerprint density at radius 2 is 1.81 bits per heavy atom. The van der Waals surface area contributed by atoms with Crippen molar-refractivity contribution >= 4 is 16.9 Å². The van der Waals surface area contributed by atoms with Gasteiger partial charge < -0.3 is 24.1 Å². The Morgan fingerprint density at radius 1 is 1.07 bits per heavy atom. The van der Waals surface area contributed by atoms with Crippen molar-refractivity contribution in [1.29, 1.82) is 0 Å². The van der Waals surface area contributed by atoms with Gasteiger partial charge in [-0.2, -0.15) is 0 Å². The number of unbranched alkanes of at least 4 members (excludes halogenated alkanes) is 4. The maximum atomic E-state index is 12.1. The third kappa shape index (κ3) is 5.91. The van der Waals surface area contributed by atoms with Crippen molar-refractivity contribution in [3.8, 4) is 17.2 Å². The van der Waals surface area contributed by atoms with E-state index in [4.69, 9.17) is 19.0 Å². The SMILES string of the molecule is CCCCCCOc1c(O)c2c(OCCCCC(=O)O)cccc2oc1=O. The first-order valence-corrected chi connectivity index (χ1v) is 9.30. The first-order valence-electron chi connectivity index (χ1n) is 9.30. The van der Waals surface area contributed by atoms with Crippen molar-refractivity contribution < 1.29 is 28.9 Å². The van der Waals surface area contributed by atoms with Gasteiger partial charge in [-0.15, -0.1) is 0 Å². The third-order valence-corrected chi connectivity index (χ3v) is 4.11. The number of rotatable bonds is 12. The molecule has 0 fully saturated rings. The van der Waals surface area contributed by atoms with Gasteiger partial charge in [-0.25, -0.2) is 4.79 Å². The van der Waals surface area contributed by atoms with Crippen molar-refractivity contribution in [3.63, 3.8) is 0 Å². The summed E-state index contributed by atoms with van der Waals surface area (Å²) in [5.41, 5.74) is -0.520. The van der Waals surface area contributed by atoms with Crippen molar-refractivity contribution in [2.75, 3.05) is 13.2 Å². The first kappa shape index (κ1) is 20.6. The van der Waals surface area contributed by atoms with E-state index in [2.05, 4.69) is 6.92 Å². The van der Waals surface area contributed by atoms with Crippen LogP contribution in [0.15, 0.2) is 27.4 Å². The summed E-state index contributed by atoms with van der Waals surface area (Å²) >= 11 is 0. The highest BCUT2D eigenvalue weighted by Gasteiger charge is 2.19. The zero-order chi connectivity index (χ0) is 19.6. The number of fused-ring (bicyclic) bond motifs is 1. The van der Waals surface area contributed by atoms with Crippen LogP contribution in [-0.2, 0) is 4.79 Å². The van der Waals surface area contributed by atoms with Crippen LogP contribution in [0.2, 0.25) is 0 Å². The Hall–Kier alpha value is -2.70. The highest BCUT2D eigenvalue weighted by Crippen LogP contribution is 2.37. The van der Waals surface area contributed by atoms with Gasteiger partial charge in [0.25, 0.3) is 0 Å². The molecule has 0 unspecified atom stereocenters. The summed E-state index contributed by atoms with van der Waals surface area (Å²) in [6, 6.07) is 4.88. The third-order valence-electron chi connectivity index (χ3n) is 4.11. The molecule has 2 N–H and O–H groups in total. The molecule has 1 aromatic carbocycles. The molecule has 0 saturated heterocycles. The Morgan fingerprint density at radius 3 is 2.56 bits per heavy atom. The van der Waals surface area contributed by atoms with E-state index < -0.39 is 11.6 Å². The van der Waals surface area contributed by atoms with Gasteiger partial charge in [-0.05, 0) is 31.4 Å². The van der Waals surface area contributed by atoms with Crippen molar-refractivity contribution in [1.82, 2.24) is 0 Å². The lowest BCUT2D eigenvalue weighted by atomic mass is 10.2. The molecule has 0 aliphatic carbocycles. The predicted molar refractivity (Wildman–Crippen MR) is 101 cm³/mol. The van der Waals surface area contributed by atoms with Crippen molar-refractivity contribution in [3.05, 3.63) is 28.6 Å². The second kappa shape index (κ2) is 10.4. The molecule has 0 atom stereocenters. The van der Waals surface area contributed by atoms with Crippen LogP contribution in [0.3, 0.4) is 0 Å². The average molecular weight is 378 g/mol. The van der Waals surface area contributed by atoms with Crippen LogP contribution in [0.5, 0.6) is 17.2 Å². The molecule has 1 heterocycles. The monoisotopic (exact) mass is 378 g/mol. The number of ether oxygens (including phenoxy) is 2. The van der Waals surface area contributed by atoms with Crippen molar-refractivity contribution in [2.45, 2.75) is 51.9 Å². The molecule has 148 valence electrons. The van der Waals surface area contributed by atoms with Crippen molar-refractivity contribution in [2.24, 2.45) is 0 Å². The number of benzene rings is 1. The molecule has 2 rings (SSSR count). The molecule has 0 spiro atoms. The molecule has 0 aliphatic rings. The first-order chi connectivity index (χ1) is 13.0. The molecule has 2 aromatic rings. The van der Waals surface area contributed by atoms with Gasteiger partial charge in [-0.1, -0.05) is 32.3 Å². The molecule has 0 bridgehead atoms. The Bertz CT molecular complexity index is 810. The number of aromatic hydroxyl groups is 1. The molecular formula is C20H26O7. The highest BCUT2D eigenvalue weighted by atomic mass is 16.5. The summed E-state index contributed by atoms with van der Waals surface area (Å²) in [5.74, 6) is -0.987. The van der Waals surface area contributed by atoms with Gasteiger partial charge in [0.2, 0.25) is 5.75 Å². The van der Waals surface area contributed by atoms with E-state index in [1.165, 1.54) is 0 Å². The highest BCUT2D eigenvalue weighted by molar-refractivity contribution is 5.91. The summed E-state index contributed by atoms with van der Waals surface area (Å²) < 4.78 is 16.4. The molecule has 0 amide bonds. The maximum Gasteiger partial charge on any atom is 0.383 e. The lowest BCUT2D eigenvalue weighted by Gasteiger charge is -2.12. The molecule has 0 aliphatic heterocycles. The van der Waals surface area contributed by atoms with E-state index in [9.17, 15) is 14.7 Å². The van der Waals surface area contributed by atoms with E-state index in [0.717, 1.165) is 25.7 Å². The topological polar surface area (TPSA) is 106 Å². The summed E-state index contributed by atoms with van der Waals surface area (Å²) in [6.07, 6.45) is 5.08. The second-order valence-corrected chi connectivity index (χ2v) is 6.30.